The highest BCUT2D eigenvalue weighted by Gasteiger charge is 2.33. The Balaban J connectivity index is 1.41. The number of carbonyl (C=O) groups excluding carboxylic acids is 1. The first-order chi connectivity index (χ1) is 16.1. The molecule has 1 aliphatic heterocycles. The van der Waals surface area contributed by atoms with E-state index in [9.17, 15) is 13.6 Å². The topological polar surface area (TPSA) is 87.1 Å². The summed E-state index contributed by atoms with van der Waals surface area (Å²) in [6.45, 7) is 1.91. The van der Waals surface area contributed by atoms with Crippen LogP contribution in [-0.2, 0) is 0 Å². The molecule has 1 saturated heterocycles. The van der Waals surface area contributed by atoms with Crippen LogP contribution in [-0.4, -0.2) is 97.1 Å². The van der Waals surface area contributed by atoms with Crippen LogP contribution < -0.4 is 5.32 Å². The van der Waals surface area contributed by atoms with E-state index in [2.05, 4.69) is 25.7 Å². The van der Waals surface area contributed by atoms with Gasteiger partial charge in [-0.15, -0.1) is 20.4 Å². The number of hydrogen-bond acceptors (Lipinski definition) is 7. The Hall–Kier alpha value is -2.60. The summed E-state index contributed by atoms with van der Waals surface area (Å²) < 4.78 is 25.9. The predicted molar refractivity (Wildman–Crippen MR) is 129 cm³/mol. The lowest BCUT2D eigenvalue weighted by Gasteiger charge is -2.46. The second-order valence-corrected chi connectivity index (χ2v) is 9.39. The molecule has 0 spiro atoms. The summed E-state index contributed by atoms with van der Waals surface area (Å²) >= 11 is 1.49. The van der Waals surface area contributed by atoms with E-state index in [1.54, 1.807) is 11.0 Å². The van der Waals surface area contributed by atoms with Crippen molar-refractivity contribution in [3.05, 3.63) is 29.3 Å². The molecule has 0 saturated carbocycles. The van der Waals surface area contributed by atoms with Crippen molar-refractivity contribution < 1.29 is 13.6 Å². The van der Waals surface area contributed by atoms with Crippen molar-refractivity contribution in [3.63, 3.8) is 0 Å². The van der Waals surface area contributed by atoms with Crippen LogP contribution in [0.5, 0.6) is 0 Å². The average Bonchev–Trinajstić information content (AvgIpc) is 3.22. The molecular formula is C20H20B3F2N7OS. The van der Waals surface area contributed by atoms with Gasteiger partial charge < -0.3 is 9.80 Å². The van der Waals surface area contributed by atoms with E-state index in [4.69, 9.17) is 23.5 Å². The van der Waals surface area contributed by atoms with Gasteiger partial charge in [-0.25, -0.2) is 13.6 Å². The van der Waals surface area contributed by atoms with E-state index >= 15 is 0 Å². The molecule has 0 unspecified atom stereocenters. The molecule has 0 bridgehead atoms. The summed E-state index contributed by atoms with van der Waals surface area (Å²) in [7, 11) is 17.0. The van der Waals surface area contributed by atoms with E-state index < -0.39 is 18.2 Å². The molecule has 2 aromatic heterocycles. The minimum atomic E-state index is -2.63. The molecule has 1 N–H and O–H groups in total. The number of amides is 2. The molecular weight excluding hydrogens is 457 g/mol. The van der Waals surface area contributed by atoms with Gasteiger partial charge in [-0.3, -0.25) is 5.32 Å². The highest BCUT2D eigenvalue weighted by molar-refractivity contribution is 7.14. The minimum Gasteiger partial charge on any atom is -0.324 e. The van der Waals surface area contributed by atoms with Crippen LogP contribution in [0.3, 0.4) is 0 Å². The lowest BCUT2D eigenvalue weighted by atomic mass is 9.48. The number of aromatic nitrogens is 4. The molecule has 170 valence electrons. The molecule has 34 heavy (non-hydrogen) atoms. The number of anilines is 1. The maximum Gasteiger partial charge on any atom is 0.323 e. The van der Waals surface area contributed by atoms with Gasteiger partial charge in [0, 0.05) is 30.1 Å². The third-order valence-electron chi connectivity index (χ3n) is 5.62. The fraction of sp³-hybridized carbons (Fsp3) is 0.450. The summed E-state index contributed by atoms with van der Waals surface area (Å²) in [4.78, 5) is 15.5. The van der Waals surface area contributed by atoms with Crippen LogP contribution in [0, 0.1) is 6.92 Å². The number of likely N-dealkylation sites (tertiary alicyclic amines) is 1. The van der Waals surface area contributed by atoms with Crippen LogP contribution in [0.25, 0.3) is 21.5 Å². The van der Waals surface area contributed by atoms with Crippen molar-refractivity contribution in [1.29, 1.82) is 0 Å². The summed E-state index contributed by atoms with van der Waals surface area (Å²) in [5, 5.41) is 19.8. The summed E-state index contributed by atoms with van der Waals surface area (Å²) in [6.07, 6.45) is -1.82. The van der Waals surface area contributed by atoms with Gasteiger partial charge in [0.25, 0.3) is 6.43 Å². The van der Waals surface area contributed by atoms with Crippen molar-refractivity contribution in [2.24, 2.45) is 0 Å². The lowest BCUT2D eigenvalue weighted by Crippen LogP contribution is -2.59. The minimum absolute atomic E-state index is 0.300. The third kappa shape index (κ3) is 5.72. The standard InChI is InChI=1S/C20H20B3F2N7OS/c1-11-27-30-18(34-11)12-2-3-15-13(8-12)9-17(29-28-15)26-19(33)31-6-4-14(5-7-31)32(10-16(24)25)20(21,22)23/h2-3,8-9,14,16H,4-7,10H2,1H3,(H,26,29,33). The normalized spacial score (nSPS) is 15.4. The Labute approximate surface area is 203 Å². The van der Waals surface area contributed by atoms with Crippen molar-refractivity contribution in [3.8, 4) is 10.6 Å². The molecule has 0 atom stereocenters. The number of fused-ring (bicyclic) bond motifs is 1. The molecule has 2 amide bonds. The first-order valence-electron chi connectivity index (χ1n) is 10.7. The summed E-state index contributed by atoms with van der Waals surface area (Å²) in [5.41, 5.74) is 1.58. The number of halogens is 2. The van der Waals surface area contributed by atoms with Gasteiger partial charge in [0.15, 0.2) is 5.82 Å². The van der Waals surface area contributed by atoms with Crippen molar-refractivity contribution in [2.75, 3.05) is 25.0 Å². The number of benzene rings is 1. The van der Waals surface area contributed by atoms with Crippen LogP contribution in [0.15, 0.2) is 24.3 Å². The smallest absolute Gasteiger partial charge is 0.323 e. The van der Waals surface area contributed by atoms with E-state index in [0.717, 1.165) is 21.0 Å². The van der Waals surface area contributed by atoms with Gasteiger partial charge in [-0.1, -0.05) is 16.6 Å². The first-order valence-corrected chi connectivity index (χ1v) is 11.5. The van der Waals surface area contributed by atoms with E-state index in [-0.39, 0.29) is 12.1 Å². The molecule has 6 radical (unpaired) electrons. The van der Waals surface area contributed by atoms with Gasteiger partial charge in [-0.05, 0) is 44.0 Å². The SMILES string of the molecule is [B]C([B])([B])N(CC(F)F)C1CCN(C(=O)Nc2cc3cc(-c4nnc(C)s4)ccc3nn2)CC1. The highest BCUT2D eigenvalue weighted by atomic mass is 32.1. The third-order valence-corrected chi connectivity index (χ3v) is 6.51. The number of urea groups is 1. The number of hydrogen-bond donors (Lipinski definition) is 1. The Morgan fingerprint density at radius 1 is 1.21 bits per heavy atom. The monoisotopic (exact) mass is 477 g/mol. The molecule has 1 fully saturated rings. The van der Waals surface area contributed by atoms with Gasteiger partial charge in [0.2, 0.25) is 0 Å². The zero-order chi connectivity index (χ0) is 24.5. The van der Waals surface area contributed by atoms with Gasteiger partial charge >= 0.3 is 6.03 Å². The average molecular weight is 477 g/mol. The number of nitrogens with one attached hydrogen (secondary N) is 1. The molecule has 14 heteroatoms. The fourth-order valence-electron chi connectivity index (χ4n) is 3.99. The first kappa shape index (κ1) is 24.5. The Kier molecular flexibility index (Phi) is 7.18. The van der Waals surface area contributed by atoms with Crippen molar-refractivity contribution in [2.45, 2.75) is 37.5 Å². The van der Waals surface area contributed by atoms with Crippen LogP contribution in [0.1, 0.15) is 17.8 Å². The Bertz CT molecular complexity index is 1170. The number of nitrogens with zero attached hydrogens (tertiary/aromatic N) is 6. The van der Waals surface area contributed by atoms with Crippen molar-refractivity contribution >= 4 is 57.6 Å². The predicted octanol–water partition coefficient (Wildman–Crippen LogP) is 2.14. The Morgan fingerprint density at radius 3 is 2.56 bits per heavy atom. The molecule has 8 nitrogen and oxygen atoms in total. The van der Waals surface area contributed by atoms with Crippen LogP contribution >= 0.6 is 11.3 Å². The lowest BCUT2D eigenvalue weighted by molar-refractivity contribution is 0.0443. The molecule has 3 heterocycles. The number of piperidine rings is 1. The van der Waals surface area contributed by atoms with Crippen molar-refractivity contribution in [1.82, 2.24) is 30.2 Å². The largest absolute Gasteiger partial charge is 0.324 e. The van der Waals surface area contributed by atoms with Gasteiger partial charge in [-0.2, -0.15) is 0 Å². The second-order valence-electron chi connectivity index (χ2n) is 8.21. The molecule has 1 aliphatic rings. The fourth-order valence-corrected chi connectivity index (χ4v) is 4.68. The molecule has 4 rings (SSSR count). The quantitative estimate of drug-likeness (QED) is 0.548. The maximum atomic E-state index is 12.9. The second kappa shape index (κ2) is 9.95. The number of alkyl halides is 2. The summed E-state index contributed by atoms with van der Waals surface area (Å²) in [6, 6.07) is 6.67. The van der Waals surface area contributed by atoms with Gasteiger partial charge in [0.1, 0.15) is 10.0 Å². The molecule has 3 aromatic rings. The zero-order valence-electron chi connectivity index (χ0n) is 18.5. The van der Waals surface area contributed by atoms with E-state index in [1.807, 2.05) is 25.1 Å². The van der Waals surface area contributed by atoms with E-state index in [0.29, 0.717) is 37.3 Å². The van der Waals surface area contributed by atoms with Crippen LogP contribution in [0.2, 0.25) is 0 Å². The summed E-state index contributed by atoms with van der Waals surface area (Å²) in [5.74, 6) is 0.300. The molecule has 1 aromatic carbocycles. The highest BCUT2D eigenvalue weighted by Crippen LogP contribution is 2.27. The molecule has 0 aliphatic carbocycles. The number of aryl methyl sites for hydroxylation is 1. The zero-order valence-corrected chi connectivity index (χ0v) is 19.3. The number of carbonyl (C=O) groups is 1. The maximum absolute atomic E-state index is 12.9. The Morgan fingerprint density at radius 2 is 1.94 bits per heavy atom. The van der Waals surface area contributed by atoms with E-state index in [1.165, 1.54) is 16.2 Å². The van der Waals surface area contributed by atoms with Gasteiger partial charge in [0.05, 0.1) is 35.6 Å². The number of rotatable bonds is 6. The van der Waals surface area contributed by atoms with Crippen LogP contribution in [0.4, 0.5) is 19.4 Å².